The first kappa shape index (κ1) is 16.3. The lowest BCUT2D eigenvalue weighted by Crippen LogP contribution is -2.43. The van der Waals surface area contributed by atoms with Crippen LogP contribution in [0, 0.1) is 12.7 Å². The molecule has 20 heavy (non-hydrogen) atoms. The molecule has 2 amide bonds. The predicted molar refractivity (Wildman–Crippen MR) is 77.7 cm³/mol. The normalized spacial score (nSPS) is 11.8. The molecule has 0 aromatic heterocycles. The largest absolute Gasteiger partial charge is 0.480 e. The van der Waals surface area contributed by atoms with Gasteiger partial charge >= 0.3 is 12.0 Å². The molecule has 1 aromatic carbocycles. The second kappa shape index (κ2) is 7.74. The maximum atomic E-state index is 12.9. The minimum absolute atomic E-state index is 0.340. The molecule has 0 spiro atoms. The Morgan fingerprint density at radius 3 is 2.70 bits per heavy atom. The van der Waals surface area contributed by atoms with E-state index < -0.39 is 23.9 Å². The summed E-state index contributed by atoms with van der Waals surface area (Å²) in [5.74, 6) is -0.839. The molecular weight excluding hydrogens is 283 g/mol. The molecule has 110 valence electrons. The van der Waals surface area contributed by atoms with Crippen molar-refractivity contribution in [2.75, 3.05) is 17.3 Å². The van der Waals surface area contributed by atoms with Crippen molar-refractivity contribution in [3.8, 4) is 0 Å². The lowest BCUT2D eigenvalue weighted by atomic mass is 10.2. The van der Waals surface area contributed by atoms with E-state index in [1.165, 1.54) is 30.0 Å². The van der Waals surface area contributed by atoms with Gasteiger partial charge in [0.15, 0.2) is 0 Å². The van der Waals surface area contributed by atoms with Crippen LogP contribution in [0.3, 0.4) is 0 Å². The molecule has 5 nitrogen and oxygen atoms in total. The van der Waals surface area contributed by atoms with Gasteiger partial charge in [-0.05, 0) is 49.1 Å². The summed E-state index contributed by atoms with van der Waals surface area (Å²) in [6.07, 6.45) is 2.20. The van der Waals surface area contributed by atoms with Crippen molar-refractivity contribution in [3.63, 3.8) is 0 Å². The van der Waals surface area contributed by atoms with E-state index in [1.54, 1.807) is 6.92 Å². The van der Waals surface area contributed by atoms with Crippen LogP contribution in [0.15, 0.2) is 18.2 Å². The Bertz CT molecular complexity index is 497. The third-order valence-corrected chi connectivity index (χ3v) is 3.29. The van der Waals surface area contributed by atoms with E-state index in [2.05, 4.69) is 10.6 Å². The third-order valence-electron chi connectivity index (χ3n) is 2.65. The van der Waals surface area contributed by atoms with Gasteiger partial charge < -0.3 is 15.7 Å². The number of nitrogens with one attached hydrogen (secondary N) is 2. The van der Waals surface area contributed by atoms with Crippen molar-refractivity contribution >= 4 is 29.4 Å². The monoisotopic (exact) mass is 300 g/mol. The van der Waals surface area contributed by atoms with Crippen LogP contribution in [-0.2, 0) is 4.79 Å². The fraction of sp³-hybridized carbons (Fsp3) is 0.385. The number of carboxylic acids is 1. The predicted octanol–water partition coefficient (Wildman–Crippen LogP) is 2.46. The molecular formula is C13H17FN2O3S. The zero-order chi connectivity index (χ0) is 15.1. The molecule has 0 aliphatic rings. The van der Waals surface area contributed by atoms with Crippen molar-refractivity contribution in [2.24, 2.45) is 0 Å². The minimum Gasteiger partial charge on any atom is -0.480 e. The number of hydrogen-bond acceptors (Lipinski definition) is 3. The third kappa shape index (κ3) is 5.08. The topological polar surface area (TPSA) is 78.4 Å². The number of aryl methyl sites for hydroxylation is 1. The van der Waals surface area contributed by atoms with Crippen LogP contribution in [0.2, 0.25) is 0 Å². The summed E-state index contributed by atoms with van der Waals surface area (Å²) >= 11 is 1.51. The number of carboxylic acid groups (broad SMARTS) is 1. The lowest BCUT2D eigenvalue weighted by molar-refractivity contribution is -0.139. The lowest BCUT2D eigenvalue weighted by Gasteiger charge is -2.15. The van der Waals surface area contributed by atoms with E-state index in [4.69, 9.17) is 5.11 Å². The number of carbonyl (C=O) groups is 2. The van der Waals surface area contributed by atoms with Gasteiger partial charge in [-0.15, -0.1) is 0 Å². The van der Waals surface area contributed by atoms with Gasteiger partial charge in [-0.2, -0.15) is 11.8 Å². The van der Waals surface area contributed by atoms with Gasteiger partial charge in [-0.1, -0.05) is 0 Å². The smallest absolute Gasteiger partial charge is 0.326 e. The van der Waals surface area contributed by atoms with Gasteiger partial charge in [-0.3, -0.25) is 0 Å². The second-order valence-corrected chi connectivity index (χ2v) is 5.22. The highest BCUT2D eigenvalue weighted by Gasteiger charge is 2.19. The standard InChI is InChI=1S/C13H17FN2O3S/c1-8-7-9(14)3-4-10(8)15-13(19)16-11(12(17)18)5-6-20-2/h3-4,7,11H,5-6H2,1-2H3,(H,17,18)(H2,15,16,19)/t11-/m1/s1. The van der Waals surface area contributed by atoms with Gasteiger partial charge in [0.1, 0.15) is 11.9 Å². The van der Waals surface area contributed by atoms with Crippen molar-refractivity contribution in [3.05, 3.63) is 29.6 Å². The van der Waals surface area contributed by atoms with Crippen LogP contribution in [-0.4, -0.2) is 35.2 Å². The van der Waals surface area contributed by atoms with Crippen molar-refractivity contribution in [2.45, 2.75) is 19.4 Å². The number of aliphatic carboxylic acids is 1. The summed E-state index contributed by atoms with van der Waals surface area (Å²) in [7, 11) is 0. The minimum atomic E-state index is -1.08. The van der Waals surface area contributed by atoms with E-state index in [1.807, 2.05) is 6.26 Å². The first-order valence-corrected chi connectivity index (χ1v) is 7.39. The van der Waals surface area contributed by atoms with Gasteiger partial charge in [0.05, 0.1) is 0 Å². The summed E-state index contributed by atoms with van der Waals surface area (Å²) in [6, 6.07) is 2.39. The van der Waals surface area contributed by atoms with E-state index in [0.29, 0.717) is 23.4 Å². The number of urea groups is 1. The zero-order valence-electron chi connectivity index (χ0n) is 11.3. The van der Waals surface area contributed by atoms with Crippen LogP contribution in [0.5, 0.6) is 0 Å². The summed E-state index contributed by atoms with van der Waals surface area (Å²) in [4.78, 5) is 22.7. The SMILES string of the molecule is CSCC[C@@H](NC(=O)Nc1ccc(F)cc1C)C(=O)O. The highest BCUT2D eigenvalue weighted by Crippen LogP contribution is 2.15. The Labute approximate surface area is 120 Å². The van der Waals surface area contributed by atoms with Crippen LogP contribution in [0.1, 0.15) is 12.0 Å². The second-order valence-electron chi connectivity index (χ2n) is 4.23. The van der Waals surface area contributed by atoms with Gasteiger partial charge in [0, 0.05) is 5.69 Å². The summed E-state index contributed by atoms with van der Waals surface area (Å²) in [6.45, 7) is 1.65. The molecule has 0 heterocycles. The molecule has 0 saturated carbocycles. The van der Waals surface area contributed by atoms with Crippen molar-refractivity contribution < 1.29 is 19.1 Å². The summed E-state index contributed by atoms with van der Waals surface area (Å²) in [5.41, 5.74) is 1.01. The average Bonchev–Trinajstić information content (AvgIpc) is 2.37. The molecule has 0 saturated heterocycles. The highest BCUT2D eigenvalue weighted by molar-refractivity contribution is 7.98. The van der Waals surface area contributed by atoms with Crippen LogP contribution in [0.4, 0.5) is 14.9 Å². The zero-order valence-corrected chi connectivity index (χ0v) is 12.1. The number of anilines is 1. The number of benzene rings is 1. The van der Waals surface area contributed by atoms with Crippen molar-refractivity contribution in [1.82, 2.24) is 5.32 Å². The van der Waals surface area contributed by atoms with E-state index in [9.17, 15) is 14.0 Å². The maximum absolute atomic E-state index is 12.9. The van der Waals surface area contributed by atoms with E-state index in [0.717, 1.165) is 0 Å². The number of halogens is 1. The van der Waals surface area contributed by atoms with E-state index >= 15 is 0 Å². The number of amides is 2. The number of carbonyl (C=O) groups excluding carboxylic acids is 1. The average molecular weight is 300 g/mol. The molecule has 1 atom stereocenters. The fourth-order valence-electron chi connectivity index (χ4n) is 1.58. The molecule has 1 aromatic rings. The summed E-state index contributed by atoms with van der Waals surface area (Å²) < 4.78 is 12.9. The molecule has 0 aliphatic carbocycles. The molecule has 0 bridgehead atoms. The van der Waals surface area contributed by atoms with Gasteiger partial charge in [0.25, 0.3) is 0 Å². The molecule has 0 radical (unpaired) electrons. The molecule has 0 unspecified atom stereocenters. The number of rotatable bonds is 6. The molecule has 0 aliphatic heterocycles. The van der Waals surface area contributed by atoms with Gasteiger partial charge in [0.2, 0.25) is 0 Å². The van der Waals surface area contributed by atoms with Crippen LogP contribution < -0.4 is 10.6 Å². The molecule has 7 heteroatoms. The first-order valence-electron chi connectivity index (χ1n) is 5.99. The van der Waals surface area contributed by atoms with Gasteiger partial charge in [-0.25, -0.2) is 14.0 Å². The Kier molecular flexibility index (Phi) is 6.30. The van der Waals surface area contributed by atoms with E-state index in [-0.39, 0.29) is 0 Å². The Morgan fingerprint density at radius 1 is 1.45 bits per heavy atom. The molecule has 0 fully saturated rings. The quantitative estimate of drug-likeness (QED) is 0.754. The highest BCUT2D eigenvalue weighted by atomic mass is 32.2. The van der Waals surface area contributed by atoms with Crippen LogP contribution >= 0.6 is 11.8 Å². The number of thioether (sulfide) groups is 1. The van der Waals surface area contributed by atoms with Crippen molar-refractivity contribution in [1.29, 1.82) is 0 Å². The first-order chi connectivity index (χ1) is 9.43. The Morgan fingerprint density at radius 2 is 2.15 bits per heavy atom. The summed E-state index contributed by atoms with van der Waals surface area (Å²) in [5, 5.41) is 13.9. The maximum Gasteiger partial charge on any atom is 0.326 e. The van der Waals surface area contributed by atoms with Crippen LogP contribution in [0.25, 0.3) is 0 Å². The Hall–Kier alpha value is -1.76. The molecule has 1 rings (SSSR count). The fourth-order valence-corrected chi connectivity index (χ4v) is 2.05. The molecule has 3 N–H and O–H groups in total. The Balaban J connectivity index is 2.63. The number of hydrogen-bond donors (Lipinski definition) is 3.